The van der Waals surface area contributed by atoms with Gasteiger partial charge in [-0.15, -0.1) is 0 Å². The highest BCUT2D eigenvalue weighted by atomic mass is 32.2. The largest absolute Gasteiger partial charge is 0.466 e. The number of likely N-dealkylation sites (N-methyl/N-ethyl adjacent to an activating group) is 1. The average molecular weight is 622 g/mol. The van der Waals surface area contributed by atoms with E-state index >= 15 is 0 Å². The molecule has 6 nitrogen and oxygen atoms in total. The number of ether oxygens (including phenoxy) is 1. The Morgan fingerprint density at radius 3 is 2.39 bits per heavy atom. The third-order valence-electron chi connectivity index (χ3n) is 7.97. The minimum atomic E-state index is -4.20. The predicted octanol–water partition coefficient (Wildman–Crippen LogP) is 8.75. The number of halogens is 3. The molecular weight excluding hydrogens is 583 g/mol. The molecule has 3 heterocycles. The van der Waals surface area contributed by atoms with E-state index in [1.807, 2.05) is 45.2 Å². The van der Waals surface area contributed by atoms with E-state index in [9.17, 15) is 13.2 Å². The molecule has 1 unspecified atom stereocenters. The summed E-state index contributed by atoms with van der Waals surface area (Å²) in [7, 11) is 2.01. The van der Waals surface area contributed by atoms with E-state index in [0.717, 1.165) is 32.8 Å². The molecule has 4 aromatic rings. The summed E-state index contributed by atoms with van der Waals surface area (Å²) < 4.78 is 50.5. The Morgan fingerprint density at radius 2 is 1.73 bits per heavy atom. The van der Waals surface area contributed by atoms with E-state index < -0.39 is 17.7 Å². The number of nitrogens with zero attached hydrogens (tertiary/aromatic N) is 4. The summed E-state index contributed by atoms with van der Waals surface area (Å²) in [5.74, 6) is 0.798. The van der Waals surface area contributed by atoms with Crippen LogP contribution in [0.1, 0.15) is 60.7 Å². The predicted molar refractivity (Wildman–Crippen MR) is 170 cm³/mol. The molecule has 1 saturated carbocycles. The van der Waals surface area contributed by atoms with Crippen molar-refractivity contribution >= 4 is 17.9 Å². The number of hydrogen-bond donors (Lipinski definition) is 1. The zero-order chi connectivity index (χ0) is 31.5. The third-order valence-corrected chi connectivity index (χ3v) is 8.74. The van der Waals surface area contributed by atoms with Gasteiger partial charge in [0.05, 0.1) is 16.8 Å². The Hall–Kier alpha value is -3.63. The van der Waals surface area contributed by atoms with Gasteiger partial charge in [-0.1, -0.05) is 50.2 Å². The summed E-state index contributed by atoms with van der Waals surface area (Å²) in [4.78, 5) is 17.3. The Labute approximate surface area is 261 Å². The topological polar surface area (TPSA) is 63.2 Å². The molecule has 1 N–H and O–H groups in total. The molecule has 0 saturated heterocycles. The summed E-state index contributed by atoms with van der Waals surface area (Å²) in [5, 5.41) is 0. The summed E-state index contributed by atoms with van der Waals surface area (Å²) in [5.41, 5.74) is 4.65. The van der Waals surface area contributed by atoms with Crippen molar-refractivity contribution in [3.8, 4) is 17.1 Å². The number of hydrogen-bond acceptors (Lipinski definition) is 7. The minimum Gasteiger partial charge on any atom is -0.466 e. The molecule has 2 aromatic heterocycles. The highest BCUT2D eigenvalue weighted by molar-refractivity contribution is 8.00. The second-order valence-electron chi connectivity index (χ2n) is 11.4. The lowest BCUT2D eigenvalue weighted by atomic mass is 9.96. The molecule has 10 heteroatoms. The van der Waals surface area contributed by atoms with Gasteiger partial charge in [-0.3, -0.25) is 14.6 Å². The fourth-order valence-corrected chi connectivity index (χ4v) is 6.18. The number of pyridine rings is 1. The zero-order valence-corrected chi connectivity index (χ0v) is 26.5. The van der Waals surface area contributed by atoms with Crippen LogP contribution in [0.4, 0.5) is 19.1 Å². The fraction of sp³-hybridized carbons (Fsp3) is 0.382. The van der Waals surface area contributed by atoms with Crippen LogP contribution in [-0.4, -0.2) is 39.6 Å². The number of aromatic nitrogens is 3. The van der Waals surface area contributed by atoms with Gasteiger partial charge < -0.3 is 4.74 Å². The second-order valence-corrected chi connectivity index (χ2v) is 12.3. The van der Waals surface area contributed by atoms with Gasteiger partial charge in [-0.25, -0.2) is 4.98 Å². The Balaban J connectivity index is 0.00000188. The van der Waals surface area contributed by atoms with Crippen molar-refractivity contribution in [2.75, 3.05) is 18.3 Å². The molecule has 0 radical (unpaired) electrons. The van der Waals surface area contributed by atoms with E-state index in [2.05, 4.69) is 57.7 Å². The summed E-state index contributed by atoms with van der Waals surface area (Å²) in [6.07, 6.45) is -2.89. The number of alkyl halides is 3. The van der Waals surface area contributed by atoms with Crippen LogP contribution in [0.5, 0.6) is 5.88 Å². The minimum absolute atomic E-state index is 0.0523. The quantitative estimate of drug-likeness (QED) is 0.229. The van der Waals surface area contributed by atoms with E-state index in [4.69, 9.17) is 9.72 Å². The molecule has 1 aliphatic carbocycles. The van der Waals surface area contributed by atoms with Crippen LogP contribution < -0.4 is 9.46 Å². The molecule has 1 aliphatic heterocycles. The van der Waals surface area contributed by atoms with Crippen molar-refractivity contribution in [1.29, 1.82) is 0 Å². The molecule has 2 aromatic carbocycles. The van der Waals surface area contributed by atoms with E-state index in [0.29, 0.717) is 36.2 Å². The molecule has 44 heavy (non-hydrogen) atoms. The van der Waals surface area contributed by atoms with Crippen molar-refractivity contribution in [1.82, 2.24) is 19.9 Å². The number of aryl methyl sites for hydroxylation is 2. The van der Waals surface area contributed by atoms with Crippen LogP contribution in [-0.2, 0) is 13.0 Å². The maximum absolute atomic E-state index is 13.6. The van der Waals surface area contributed by atoms with Gasteiger partial charge in [-0.05, 0) is 92.6 Å². The third kappa shape index (κ3) is 7.18. The number of rotatable bonds is 4. The lowest BCUT2D eigenvalue weighted by molar-refractivity contribution is -0.186. The first-order valence-electron chi connectivity index (χ1n) is 14.9. The summed E-state index contributed by atoms with van der Waals surface area (Å²) in [6, 6.07) is 19.7. The van der Waals surface area contributed by atoms with Crippen LogP contribution >= 0.6 is 11.9 Å². The van der Waals surface area contributed by atoms with Crippen molar-refractivity contribution in [3.63, 3.8) is 0 Å². The van der Waals surface area contributed by atoms with E-state index in [1.54, 1.807) is 18.3 Å². The molecule has 4 bridgehead atoms. The highest BCUT2D eigenvalue weighted by Gasteiger charge is 2.62. The monoisotopic (exact) mass is 621 g/mol. The van der Waals surface area contributed by atoms with Gasteiger partial charge in [0.1, 0.15) is 0 Å². The summed E-state index contributed by atoms with van der Waals surface area (Å²) in [6.45, 7) is 9.27. The maximum atomic E-state index is 13.6. The van der Waals surface area contributed by atoms with Gasteiger partial charge in [0.15, 0.2) is 6.10 Å². The smallest absolute Gasteiger partial charge is 0.394 e. The van der Waals surface area contributed by atoms with Crippen LogP contribution in [0.25, 0.3) is 11.3 Å². The first-order valence-corrected chi connectivity index (χ1v) is 15.7. The SMILES string of the molecule is CC.Cc1cccc(C)c1-c1cc2nc(n1)NSc1cccc(c1)CN(C)CC(c1ccc(CC3(C(F)(F)F)CC3)cn1)O2. The van der Waals surface area contributed by atoms with Crippen LogP contribution in [0, 0.1) is 19.3 Å². The van der Waals surface area contributed by atoms with E-state index in [-0.39, 0.29) is 19.3 Å². The van der Waals surface area contributed by atoms with Crippen molar-refractivity contribution in [3.05, 3.63) is 94.8 Å². The van der Waals surface area contributed by atoms with Crippen LogP contribution in [0.3, 0.4) is 0 Å². The Morgan fingerprint density at radius 1 is 1.00 bits per heavy atom. The highest BCUT2D eigenvalue weighted by Crippen LogP contribution is 2.59. The van der Waals surface area contributed by atoms with Gasteiger partial charge in [0.25, 0.3) is 0 Å². The number of nitrogens with one attached hydrogen (secondary N) is 1. The fourth-order valence-electron chi connectivity index (χ4n) is 5.52. The number of anilines is 1. The molecule has 1 atom stereocenters. The Bertz CT molecular complexity index is 1570. The average Bonchev–Trinajstić information content (AvgIpc) is 3.78. The van der Waals surface area contributed by atoms with Crippen molar-refractivity contribution in [2.45, 2.75) is 70.7 Å². The first kappa shape index (κ1) is 31.8. The molecule has 0 spiro atoms. The molecule has 232 valence electrons. The second kappa shape index (κ2) is 13.2. The maximum Gasteiger partial charge on any atom is 0.394 e. The van der Waals surface area contributed by atoms with Gasteiger partial charge in [0, 0.05) is 35.8 Å². The van der Waals surface area contributed by atoms with Gasteiger partial charge >= 0.3 is 6.18 Å². The zero-order valence-electron chi connectivity index (χ0n) is 25.7. The van der Waals surface area contributed by atoms with Crippen LogP contribution in [0.15, 0.2) is 71.8 Å². The van der Waals surface area contributed by atoms with E-state index in [1.165, 1.54) is 11.9 Å². The standard InChI is InChI=1S/C32H32F3N5OS.C2H6/c1-20-6-4-7-21(2)29(20)26-15-28-38-30(37-26)39-42-24-9-5-8-22(14-24)18-40(3)19-27(41-28)25-11-10-23(17-36-25)16-31(12-13-31)32(33,34)35;1-2/h4-11,14-15,17,27H,12-13,16,18-19H2,1-3H3,(H,37,38,39);1-2H3. The normalized spacial score (nSPS) is 17.9. The van der Waals surface area contributed by atoms with Crippen molar-refractivity contribution in [2.24, 2.45) is 5.41 Å². The number of fused-ring (bicyclic) bond motifs is 4. The molecule has 0 amide bonds. The van der Waals surface area contributed by atoms with Crippen molar-refractivity contribution < 1.29 is 17.9 Å². The van der Waals surface area contributed by atoms with Gasteiger partial charge in [0.2, 0.25) is 11.8 Å². The van der Waals surface area contributed by atoms with Gasteiger partial charge in [-0.2, -0.15) is 18.2 Å². The lowest BCUT2D eigenvalue weighted by Gasteiger charge is -2.25. The molecule has 2 aliphatic rings. The lowest BCUT2D eigenvalue weighted by Crippen LogP contribution is -2.28. The number of benzene rings is 2. The molecular formula is C34H38F3N5OS. The Kier molecular flexibility index (Phi) is 9.51. The molecule has 1 fully saturated rings. The molecule has 6 rings (SSSR count). The summed E-state index contributed by atoms with van der Waals surface area (Å²) >= 11 is 1.44. The first-order chi connectivity index (χ1) is 21.1. The van der Waals surface area contributed by atoms with Crippen LogP contribution in [0.2, 0.25) is 0 Å².